The third kappa shape index (κ3) is 4.38. The number of para-hydroxylation sites is 1. The number of amides is 1. The normalized spacial score (nSPS) is 11.5. The summed E-state index contributed by atoms with van der Waals surface area (Å²) in [6.45, 7) is 5.45. The van der Waals surface area contributed by atoms with E-state index in [0.29, 0.717) is 38.5 Å². The number of benzene rings is 3. The number of nitrogens with zero attached hydrogens (tertiary/aromatic N) is 2. The van der Waals surface area contributed by atoms with Crippen molar-refractivity contribution in [3.05, 3.63) is 82.9 Å². The van der Waals surface area contributed by atoms with Crippen LogP contribution in [0.25, 0.3) is 28.5 Å². The molecule has 1 aromatic heterocycles. The number of carbonyl (C=O) groups excluding carboxylic acids is 1. The van der Waals surface area contributed by atoms with E-state index >= 15 is 0 Å². The van der Waals surface area contributed by atoms with Gasteiger partial charge in [-0.1, -0.05) is 60.1 Å². The number of hydrogen-bond acceptors (Lipinski definition) is 3. The topological polar surface area (TPSA) is 70.1 Å². The maximum Gasteiger partial charge on any atom is 0.269 e. The maximum absolute atomic E-state index is 12.6. The van der Waals surface area contributed by atoms with Gasteiger partial charge in [-0.3, -0.25) is 4.79 Å². The molecule has 2 N–H and O–H groups in total. The summed E-state index contributed by atoms with van der Waals surface area (Å²) in [5.74, 6) is 0.264. The number of nitrogens with one attached hydrogen (secondary N) is 2. The van der Waals surface area contributed by atoms with Gasteiger partial charge in [-0.05, 0) is 48.9 Å². The minimum atomic E-state index is -0.299. The molecule has 7 heteroatoms. The first-order valence-corrected chi connectivity index (χ1v) is 10.2. The van der Waals surface area contributed by atoms with Crippen molar-refractivity contribution in [1.82, 2.24) is 9.97 Å². The van der Waals surface area contributed by atoms with Gasteiger partial charge in [0.15, 0.2) is 0 Å². The fourth-order valence-electron chi connectivity index (χ4n) is 3.14. The summed E-state index contributed by atoms with van der Waals surface area (Å²) in [5.41, 5.74) is 4.61. The molecule has 0 saturated carbocycles. The number of imidazole rings is 1. The molecule has 0 aliphatic carbocycles. The van der Waals surface area contributed by atoms with Gasteiger partial charge in [0.1, 0.15) is 11.5 Å². The van der Waals surface area contributed by atoms with Crippen LogP contribution in [0.2, 0.25) is 10.0 Å². The molecule has 4 rings (SSSR count). The highest BCUT2D eigenvalue weighted by atomic mass is 35.5. The van der Waals surface area contributed by atoms with Crippen molar-refractivity contribution in [2.75, 3.05) is 5.32 Å². The molecule has 31 heavy (non-hydrogen) atoms. The van der Waals surface area contributed by atoms with Crippen molar-refractivity contribution in [2.24, 2.45) is 4.99 Å². The lowest BCUT2D eigenvalue weighted by Gasteiger charge is -2.06. The Bertz CT molecular complexity index is 1320. The number of H-pyrrole nitrogens is 1. The third-order valence-electron chi connectivity index (χ3n) is 4.71. The van der Waals surface area contributed by atoms with Crippen LogP contribution in [0.15, 0.2) is 72.2 Å². The molecule has 0 atom stereocenters. The molecule has 4 aromatic rings. The average molecular weight is 449 g/mol. The number of anilines is 1. The lowest BCUT2D eigenvalue weighted by Crippen LogP contribution is -2.20. The lowest BCUT2D eigenvalue weighted by atomic mass is 10.2. The number of aliphatic imine (C=N–C) groups is 1. The van der Waals surface area contributed by atoms with E-state index in [1.54, 1.807) is 43.3 Å². The molecule has 0 radical (unpaired) electrons. The molecule has 0 bridgehead atoms. The molecular formula is C24H18Cl2N4O. The largest absolute Gasteiger partial charge is 0.338 e. The third-order valence-corrected chi connectivity index (χ3v) is 5.34. The van der Waals surface area contributed by atoms with Crippen molar-refractivity contribution >= 4 is 63.3 Å². The van der Waals surface area contributed by atoms with E-state index in [1.165, 1.54) is 0 Å². The first kappa shape index (κ1) is 20.8. The Morgan fingerprint density at radius 3 is 2.58 bits per heavy atom. The molecule has 0 spiro atoms. The minimum Gasteiger partial charge on any atom is -0.338 e. The van der Waals surface area contributed by atoms with E-state index in [4.69, 9.17) is 23.2 Å². The van der Waals surface area contributed by atoms with Crippen LogP contribution in [0.4, 0.5) is 11.4 Å². The van der Waals surface area contributed by atoms with Gasteiger partial charge in [-0.2, -0.15) is 0 Å². The first-order valence-electron chi connectivity index (χ1n) is 9.48. The molecule has 154 valence electrons. The van der Waals surface area contributed by atoms with Crippen molar-refractivity contribution in [1.29, 1.82) is 0 Å². The second-order valence-corrected chi connectivity index (χ2v) is 7.64. The van der Waals surface area contributed by atoms with Crippen LogP contribution in [-0.4, -0.2) is 21.6 Å². The summed E-state index contributed by atoms with van der Waals surface area (Å²) in [6, 6.07) is 18.2. The van der Waals surface area contributed by atoms with Crippen LogP contribution in [0.3, 0.4) is 0 Å². The fraction of sp³-hybridized carbons (Fsp3) is 0.0417. The SMILES string of the molecule is C=Cc1ccccc1N=C(C)C(=O)Nc1ccc2nc(-c3c(Cl)cccc3Cl)[nH]c2c1. The molecule has 0 aliphatic rings. The average Bonchev–Trinajstić information content (AvgIpc) is 3.16. The minimum absolute atomic E-state index is 0.299. The molecule has 1 amide bonds. The molecular weight excluding hydrogens is 431 g/mol. The van der Waals surface area contributed by atoms with E-state index in [-0.39, 0.29) is 5.91 Å². The van der Waals surface area contributed by atoms with Crippen molar-refractivity contribution < 1.29 is 4.79 Å². The zero-order valence-electron chi connectivity index (χ0n) is 16.6. The van der Waals surface area contributed by atoms with Gasteiger partial charge in [-0.25, -0.2) is 9.98 Å². The number of fused-ring (bicyclic) bond motifs is 1. The lowest BCUT2D eigenvalue weighted by molar-refractivity contribution is -0.110. The molecule has 0 fully saturated rings. The van der Waals surface area contributed by atoms with E-state index in [9.17, 15) is 4.79 Å². The summed E-state index contributed by atoms with van der Waals surface area (Å²) in [4.78, 5) is 24.9. The monoisotopic (exact) mass is 448 g/mol. The first-order chi connectivity index (χ1) is 15.0. The molecule has 0 unspecified atom stereocenters. The van der Waals surface area contributed by atoms with Gasteiger partial charge in [0.25, 0.3) is 5.91 Å². The number of hydrogen-bond donors (Lipinski definition) is 2. The van der Waals surface area contributed by atoms with Gasteiger partial charge in [0, 0.05) is 5.69 Å². The van der Waals surface area contributed by atoms with Crippen LogP contribution in [-0.2, 0) is 4.79 Å². The number of carbonyl (C=O) groups is 1. The molecule has 0 saturated heterocycles. The maximum atomic E-state index is 12.6. The highest BCUT2D eigenvalue weighted by Gasteiger charge is 2.14. The van der Waals surface area contributed by atoms with Gasteiger partial charge in [-0.15, -0.1) is 0 Å². The van der Waals surface area contributed by atoms with E-state index < -0.39 is 0 Å². The van der Waals surface area contributed by atoms with Crippen LogP contribution >= 0.6 is 23.2 Å². The van der Waals surface area contributed by atoms with Crippen molar-refractivity contribution in [3.63, 3.8) is 0 Å². The summed E-state index contributed by atoms with van der Waals surface area (Å²) in [5, 5.41) is 3.88. The Kier molecular flexibility index (Phi) is 5.89. The smallest absolute Gasteiger partial charge is 0.269 e. The summed E-state index contributed by atoms with van der Waals surface area (Å²) < 4.78 is 0. The van der Waals surface area contributed by atoms with Gasteiger partial charge < -0.3 is 10.3 Å². The van der Waals surface area contributed by atoms with E-state index in [2.05, 4.69) is 26.9 Å². The predicted molar refractivity (Wildman–Crippen MR) is 129 cm³/mol. The van der Waals surface area contributed by atoms with Crippen LogP contribution < -0.4 is 5.32 Å². The summed E-state index contributed by atoms with van der Waals surface area (Å²) in [7, 11) is 0. The van der Waals surface area contributed by atoms with Gasteiger partial charge in [0.2, 0.25) is 0 Å². The Morgan fingerprint density at radius 1 is 1.10 bits per heavy atom. The quantitative estimate of drug-likeness (QED) is 0.325. The number of halogens is 2. The second kappa shape index (κ2) is 8.76. The molecule has 0 aliphatic heterocycles. The van der Waals surface area contributed by atoms with Crippen molar-refractivity contribution in [3.8, 4) is 11.4 Å². The Morgan fingerprint density at radius 2 is 1.84 bits per heavy atom. The molecule has 1 heterocycles. The Labute approximate surface area is 189 Å². The van der Waals surface area contributed by atoms with Crippen LogP contribution in [0, 0.1) is 0 Å². The zero-order chi connectivity index (χ0) is 22.0. The molecule has 3 aromatic carbocycles. The highest BCUT2D eigenvalue weighted by Crippen LogP contribution is 2.34. The van der Waals surface area contributed by atoms with Gasteiger partial charge in [0.05, 0.1) is 32.3 Å². The number of aromatic amines is 1. The Hall–Kier alpha value is -3.41. The summed E-state index contributed by atoms with van der Waals surface area (Å²) in [6.07, 6.45) is 1.71. The van der Waals surface area contributed by atoms with Gasteiger partial charge >= 0.3 is 0 Å². The Balaban J connectivity index is 1.60. The molecule has 5 nitrogen and oxygen atoms in total. The number of rotatable bonds is 5. The highest BCUT2D eigenvalue weighted by molar-refractivity contribution is 6.42. The fourth-order valence-corrected chi connectivity index (χ4v) is 3.72. The van der Waals surface area contributed by atoms with Crippen LogP contribution in [0.5, 0.6) is 0 Å². The van der Waals surface area contributed by atoms with E-state index in [1.807, 2.05) is 30.3 Å². The predicted octanol–water partition coefficient (Wildman–Crippen LogP) is 6.91. The number of aromatic nitrogens is 2. The van der Waals surface area contributed by atoms with E-state index in [0.717, 1.165) is 16.6 Å². The second-order valence-electron chi connectivity index (χ2n) is 6.83. The van der Waals surface area contributed by atoms with Crippen molar-refractivity contribution in [2.45, 2.75) is 6.92 Å². The zero-order valence-corrected chi connectivity index (χ0v) is 18.1. The van der Waals surface area contributed by atoms with Crippen LogP contribution in [0.1, 0.15) is 12.5 Å². The summed E-state index contributed by atoms with van der Waals surface area (Å²) >= 11 is 12.6. The standard InChI is InChI=1S/C24H18Cl2N4O/c1-3-15-7-4-5-10-19(15)27-14(2)24(31)28-16-11-12-20-21(13-16)30-23(29-20)22-17(25)8-6-9-18(22)26/h3-13H,1H2,2H3,(H,28,31)(H,29,30).